The Hall–Kier alpha value is -7.63. The van der Waals surface area contributed by atoms with Gasteiger partial charge in [-0.15, -0.1) is 0 Å². The van der Waals surface area contributed by atoms with E-state index in [2.05, 4.69) is 126 Å². The molecule has 0 unspecified atom stereocenters. The number of furan rings is 2. The lowest BCUT2D eigenvalue weighted by atomic mass is 9.93. The van der Waals surface area contributed by atoms with Gasteiger partial charge in [0.15, 0.2) is 5.82 Å². The third-order valence-corrected chi connectivity index (χ3v) is 10.6. The normalized spacial score (nSPS) is 11.6. The molecule has 0 atom stereocenters. The maximum absolute atomic E-state index is 6.70. The summed E-state index contributed by atoms with van der Waals surface area (Å²) in [6.45, 7) is 0. The molecule has 56 heavy (non-hydrogen) atoms. The number of para-hydroxylation sites is 3. The highest BCUT2D eigenvalue weighted by molar-refractivity contribution is 6.18. The summed E-state index contributed by atoms with van der Waals surface area (Å²) in [6, 6.07) is 62.4. The van der Waals surface area contributed by atoms with Crippen molar-refractivity contribution in [3.05, 3.63) is 188 Å². The fraction of sp³-hybridized carbons (Fsp3) is 0. The topological polar surface area (TPSA) is 65.0 Å². The number of hydrogen-bond donors (Lipinski definition) is 0. The molecule has 262 valence electrons. The van der Waals surface area contributed by atoms with Gasteiger partial charge in [-0.1, -0.05) is 146 Å². The van der Waals surface area contributed by atoms with Crippen LogP contribution in [0.15, 0.2) is 197 Å². The molecule has 5 heteroatoms. The minimum atomic E-state index is 0.678. The van der Waals surface area contributed by atoms with Gasteiger partial charge in [0.2, 0.25) is 0 Å². The van der Waals surface area contributed by atoms with Gasteiger partial charge in [-0.05, 0) is 47.5 Å². The first-order valence-electron chi connectivity index (χ1n) is 18.7. The average molecular weight is 718 g/mol. The summed E-state index contributed by atoms with van der Waals surface area (Å²) in [4.78, 5) is 14.7. The highest BCUT2D eigenvalue weighted by Crippen LogP contribution is 2.44. The molecule has 4 heterocycles. The van der Waals surface area contributed by atoms with E-state index >= 15 is 0 Å². The molecule has 0 N–H and O–H groups in total. The Balaban J connectivity index is 1.02. The molecule has 5 nitrogen and oxygen atoms in total. The first-order valence-corrected chi connectivity index (χ1v) is 18.7. The summed E-state index contributed by atoms with van der Waals surface area (Å²) in [5.74, 6) is 0.678. The van der Waals surface area contributed by atoms with E-state index in [1.165, 1.54) is 0 Å². The monoisotopic (exact) mass is 717 g/mol. The molecular formula is C51H31N3O2. The highest BCUT2D eigenvalue weighted by Gasteiger charge is 2.20. The van der Waals surface area contributed by atoms with Gasteiger partial charge >= 0.3 is 0 Å². The van der Waals surface area contributed by atoms with E-state index in [1.54, 1.807) is 0 Å². The Morgan fingerprint density at radius 2 is 0.893 bits per heavy atom. The number of rotatable bonds is 6. The zero-order valence-corrected chi connectivity index (χ0v) is 30.1. The van der Waals surface area contributed by atoms with Gasteiger partial charge < -0.3 is 8.83 Å². The standard InChI is InChI=1S/C51H31N3O2/c1-2-11-36(12-3-1)51-53-44(31-45(54-51)35-26-24-33(25-27-35)43-17-8-9-30-52-43)34-22-20-32(21-23-34)37-28-29-41(50-48(37)42-14-5-7-19-47(42)56-50)40-16-10-15-39-38-13-4-6-18-46(38)55-49(39)40/h1-31H. The van der Waals surface area contributed by atoms with Crippen molar-refractivity contribution >= 4 is 43.9 Å². The quantitative estimate of drug-likeness (QED) is 0.171. The molecule has 0 bridgehead atoms. The molecule has 7 aromatic carbocycles. The van der Waals surface area contributed by atoms with E-state index in [0.29, 0.717) is 5.82 Å². The molecule has 11 rings (SSSR count). The zero-order valence-electron chi connectivity index (χ0n) is 30.1. The Morgan fingerprint density at radius 3 is 1.61 bits per heavy atom. The minimum Gasteiger partial charge on any atom is -0.455 e. The summed E-state index contributed by atoms with van der Waals surface area (Å²) >= 11 is 0. The molecule has 0 aliphatic carbocycles. The predicted molar refractivity (Wildman–Crippen MR) is 227 cm³/mol. The van der Waals surface area contributed by atoms with Crippen molar-refractivity contribution in [2.75, 3.05) is 0 Å². The second kappa shape index (κ2) is 13.0. The molecule has 0 spiro atoms. The van der Waals surface area contributed by atoms with Gasteiger partial charge in [-0.2, -0.15) is 0 Å². The number of fused-ring (bicyclic) bond motifs is 6. The Kier molecular flexibility index (Phi) is 7.42. The summed E-state index contributed by atoms with van der Waals surface area (Å²) in [6.07, 6.45) is 1.82. The van der Waals surface area contributed by atoms with E-state index in [1.807, 2.05) is 66.9 Å². The number of pyridine rings is 1. The smallest absolute Gasteiger partial charge is 0.160 e. The Labute approximate surface area is 322 Å². The maximum Gasteiger partial charge on any atom is 0.160 e. The molecule has 11 aromatic rings. The van der Waals surface area contributed by atoms with Crippen LogP contribution in [-0.4, -0.2) is 15.0 Å². The lowest BCUT2D eigenvalue weighted by Gasteiger charge is -2.11. The highest BCUT2D eigenvalue weighted by atomic mass is 16.3. The molecular weight excluding hydrogens is 687 g/mol. The third-order valence-electron chi connectivity index (χ3n) is 10.6. The fourth-order valence-corrected chi connectivity index (χ4v) is 7.87. The predicted octanol–water partition coefficient (Wildman–Crippen LogP) is 13.7. The van der Waals surface area contributed by atoms with Crippen molar-refractivity contribution < 1.29 is 8.83 Å². The van der Waals surface area contributed by atoms with Crippen molar-refractivity contribution in [2.45, 2.75) is 0 Å². The minimum absolute atomic E-state index is 0.678. The summed E-state index contributed by atoms with van der Waals surface area (Å²) in [5, 5.41) is 4.34. The van der Waals surface area contributed by atoms with Gasteiger partial charge in [-0.3, -0.25) is 4.98 Å². The van der Waals surface area contributed by atoms with E-state index < -0.39 is 0 Å². The number of benzene rings is 7. The lowest BCUT2D eigenvalue weighted by molar-refractivity contribution is 0.665. The Morgan fingerprint density at radius 1 is 0.339 bits per heavy atom. The molecule has 0 fully saturated rings. The SMILES string of the molecule is c1ccc(-c2nc(-c3ccc(-c4ccccn4)cc3)cc(-c3ccc(-c4ccc(-c5cccc6c5oc5ccccc56)c5oc6ccccc6c45)cc3)n2)cc1. The maximum atomic E-state index is 6.70. The van der Waals surface area contributed by atoms with E-state index in [-0.39, 0.29) is 0 Å². The van der Waals surface area contributed by atoms with Crippen LogP contribution in [0.1, 0.15) is 0 Å². The van der Waals surface area contributed by atoms with Crippen LogP contribution in [0.25, 0.3) is 111 Å². The van der Waals surface area contributed by atoms with Crippen LogP contribution in [0.2, 0.25) is 0 Å². The first-order chi connectivity index (χ1) is 27.7. The molecule has 0 aliphatic rings. The second-order valence-corrected chi connectivity index (χ2v) is 13.9. The van der Waals surface area contributed by atoms with Crippen LogP contribution < -0.4 is 0 Å². The van der Waals surface area contributed by atoms with Gasteiger partial charge in [0, 0.05) is 61.1 Å². The van der Waals surface area contributed by atoms with Crippen LogP contribution in [0.4, 0.5) is 0 Å². The molecule has 0 saturated carbocycles. The molecule has 4 aromatic heterocycles. The fourth-order valence-electron chi connectivity index (χ4n) is 7.87. The number of aromatic nitrogens is 3. The van der Waals surface area contributed by atoms with Crippen LogP contribution in [0.5, 0.6) is 0 Å². The van der Waals surface area contributed by atoms with Gasteiger partial charge in [-0.25, -0.2) is 9.97 Å². The van der Waals surface area contributed by atoms with E-state index in [0.717, 1.165) is 105 Å². The molecule has 0 radical (unpaired) electrons. The van der Waals surface area contributed by atoms with Crippen LogP contribution in [0, 0.1) is 0 Å². The number of hydrogen-bond acceptors (Lipinski definition) is 5. The van der Waals surface area contributed by atoms with Gasteiger partial charge in [0.05, 0.1) is 17.1 Å². The van der Waals surface area contributed by atoms with Gasteiger partial charge in [0.25, 0.3) is 0 Å². The first kappa shape index (κ1) is 31.9. The molecule has 0 aliphatic heterocycles. The van der Waals surface area contributed by atoms with E-state index in [4.69, 9.17) is 18.8 Å². The van der Waals surface area contributed by atoms with Crippen molar-refractivity contribution in [1.29, 1.82) is 0 Å². The third kappa shape index (κ3) is 5.37. The summed E-state index contributed by atoms with van der Waals surface area (Å²) in [5.41, 5.74) is 14.3. The van der Waals surface area contributed by atoms with Crippen molar-refractivity contribution in [3.8, 4) is 67.4 Å². The van der Waals surface area contributed by atoms with Crippen molar-refractivity contribution in [3.63, 3.8) is 0 Å². The van der Waals surface area contributed by atoms with Gasteiger partial charge in [0.1, 0.15) is 22.3 Å². The van der Waals surface area contributed by atoms with E-state index in [9.17, 15) is 0 Å². The molecule has 0 amide bonds. The molecule has 0 saturated heterocycles. The van der Waals surface area contributed by atoms with Crippen LogP contribution in [-0.2, 0) is 0 Å². The largest absolute Gasteiger partial charge is 0.455 e. The summed E-state index contributed by atoms with van der Waals surface area (Å²) < 4.78 is 13.2. The van der Waals surface area contributed by atoms with Crippen LogP contribution in [0.3, 0.4) is 0 Å². The van der Waals surface area contributed by atoms with Crippen LogP contribution >= 0.6 is 0 Å². The summed E-state index contributed by atoms with van der Waals surface area (Å²) in [7, 11) is 0. The lowest BCUT2D eigenvalue weighted by Crippen LogP contribution is -1.96. The average Bonchev–Trinajstić information content (AvgIpc) is 3.86. The zero-order chi connectivity index (χ0) is 37.0. The van der Waals surface area contributed by atoms with Crippen molar-refractivity contribution in [2.24, 2.45) is 0 Å². The van der Waals surface area contributed by atoms with Crippen molar-refractivity contribution in [1.82, 2.24) is 15.0 Å². The second-order valence-electron chi connectivity index (χ2n) is 13.9. The number of nitrogens with zero attached hydrogens (tertiary/aromatic N) is 3. The Bertz CT molecular complexity index is 3220.